The van der Waals surface area contributed by atoms with Crippen molar-refractivity contribution in [1.29, 1.82) is 0 Å². The molecule has 0 bridgehead atoms. The van der Waals surface area contributed by atoms with Gasteiger partial charge in [0.2, 0.25) is 5.91 Å². The molecule has 2 aromatic rings. The van der Waals surface area contributed by atoms with E-state index in [-0.39, 0.29) is 5.91 Å². The molecule has 4 nitrogen and oxygen atoms in total. The first-order chi connectivity index (χ1) is 13.8. The fourth-order valence-electron chi connectivity index (χ4n) is 3.47. The lowest BCUT2D eigenvalue weighted by molar-refractivity contribution is -0.137. The Morgan fingerprint density at radius 1 is 1.00 bits per heavy atom. The Labute approximate surface area is 169 Å². The normalized spacial score (nSPS) is 16.0. The molecule has 1 N–H and O–H groups in total. The molecule has 0 aliphatic carbocycles. The predicted octanol–water partition coefficient (Wildman–Crippen LogP) is 3.45. The summed E-state index contributed by atoms with van der Waals surface area (Å²) in [5.41, 5.74) is 2.30. The summed E-state index contributed by atoms with van der Waals surface area (Å²) in [7, 11) is 0. The largest absolute Gasteiger partial charge is 0.416 e. The summed E-state index contributed by atoms with van der Waals surface area (Å²) < 4.78 is 38.6. The molecule has 1 fully saturated rings. The van der Waals surface area contributed by atoms with Gasteiger partial charge in [-0.3, -0.25) is 14.6 Å². The number of carbonyl (C=O) groups is 1. The molecule has 0 spiro atoms. The van der Waals surface area contributed by atoms with E-state index in [9.17, 15) is 18.0 Å². The molecule has 0 saturated carbocycles. The van der Waals surface area contributed by atoms with E-state index >= 15 is 0 Å². The van der Waals surface area contributed by atoms with Gasteiger partial charge >= 0.3 is 6.18 Å². The van der Waals surface area contributed by atoms with E-state index in [1.165, 1.54) is 12.1 Å². The number of nitrogens with one attached hydrogen (secondary N) is 1. The number of carbonyl (C=O) groups excluding carboxylic acids is 1. The highest BCUT2D eigenvalue weighted by molar-refractivity contribution is 5.78. The summed E-state index contributed by atoms with van der Waals surface area (Å²) in [6, 6.07) is 13.4. The number of amides is 1. The van der Waals surface area contributed by atoms with Gasteiger partial charge in [0.05, 0.1) is 12.1 Å². The van der Waals surface area contributed by atoms with Crippen LogP contribution in [0.4, 0.5) is 13.2 Å². The van der Waals surface area contributed by atoms with Gasteiger partial charge in [0.15, 0.2) is 0 Å². The van der Waals surface area contributed by atoms with Crippen molar-refractivity contribution in [3.8, 4) is 0 Å². The summed E-state index contributed by atoms with van der Waals surface area (Å²) in [5.74, 6) is -0.0143. The Bertz CT molecular complexity index is 830. The van der Waals surface area contributed by atoms with Crippen LogP contribution < -0.4 is 5.32 Å². The minimum Gasteiger partial charge on any atom is -0.351 e. The Hall–Kier alpha value is -2.38. The van der Waals surface area contributed by atoms with Crippen molar-refractivity contribution in [2.75, 3.05) is 32.7 Å². The quantitative estimate of drug-likeness (QED) is 0.800. The number of aryl methyl sites for hydroxylation is 1. The third-order valence-corrected chi connectivity index (χ3v) is 5.23. The Morgan fingerprint density at radius 2 is 1.69 bits per heavy atom. The van der Waals surface area contributed by atoms with Crippen molar-refractivity contribution in [3.63, 3.8) is 0 Å². The summed E-state index contributed by atoms with van der Waals surface area (Å²) in [5, 5.41) is 2.96. The minimum atomic E-state index is -4.32. The zero-order valence-electron chi connectivity index (χ0n) is 16.5. The molecule has 0 aromatic heterocycles. The lowest BCUT2D eigenvalue weighted by Gasteiger charge is -2.34. The maximum absolute atomic E-state index is 12.9. The first kappa shape index (κ1) is 21.3. The standard InChI is InChI=1S/C22H26F3N3O/c1-17-5-2-3-7-19(17)14-26-21(29)16-28-11-9-27(10-12-28)15-18-6-4-8-20(13-18)22(23,24)25/h2-8,13H,9-12,14-16H2,1H3,(H,26,29). The van der Waals surface area contributed by atoms with Gasteiger partial charge in [0, 0.05) is 39.3 Å². The van der Waals surface area contributed by atoms with Crippen LogP contribution in [0.1, 0.15) is 22.3 Å². The van der Waals surface area contributed by atoms with E-state index in [1.807, 2.05) is 31.2 Å². The molecular weight excluding hydrogens is 379 g/mol. The number of alkyl halides is 3. The van der Waals surface area contributed by atoms with Crippen LogP contribution in [-0.4, -0.2) is 48.4 Å². The predicted molar refractivity (Wildman–Crippen MR) is 106 cm³/mol. The van der Waals surface area contributed by atoms with E-state index in [1.54, 1.807) is 6.07 Å². The fourth-order valence-corrected chi connectivity index (χ4v) is 3.47. The second-order valence-corrected chi connectivity index (χ2v) is 7.45. The molecule has 0 atom stereocenters. The molecule has 1 aliphatic heterocycles. The van der Waals surface area contributed by atoms with Crippen LogP contribution in [0.15, 0.2) is 48.5 Å². The number of benzene rings is 2. The Balaban J connectivity index is 1.42. The third-order valence-electron chi connectivity index (χ3n) is 5.23. The number of nitrogens with zero attached hydrogens (tertiary/aromatic N) is 2. The number of hydrogen-bond acceptors (Lipinski definition) is 3. The summed E-state index contributed by atoms with van der Waals surface area (Å²) >= 11 is 0. The van der Waals surface area contributed by atoms with Gasteiger partial charge in [-0.2, -0.15) is 13.2 Å². The van der Waals surface area contributed by atoms with E-state index in [2.05, 4.69) is 15.1 Å². The lowest BCUT2D eigenvalue weighted by Crippen LogP contribution is -2.49. The van der Waals surface area contributed by atoms with E-state index < -0.39 is 11.7 Å². The van der Waals surface area contributed by atoms with E-state index in [0.717, 1.165) is 43.4 Å². The second kappa shape index (κ2) is 9.41. The van der Waals surface area contributed by atoms with Crippen LogP contribution in [0.2, 0.25) is 0 Å². The van der Waals surface area contributed by atoms with Crippen molar-refractivity contribution in [1.82, 2.24) is 15.1 Å². The Morgan fingerprint density at radius 3 is 2.38 bits per heavy atom. The third kappa shape index (κ3) is 6.30. The monoisotopic (exact) mass is 405 g/mol. The molecule has 1 saturated heterocycles. The molecule has 29 heavy (non-hydrogen) atoms. The van der Waals surface area contributed by atoms with Gasteiger partial charge < -0.3 is 5.32 Å². The topological polar surface area (TPSA) is 35.6 Å². The van der Waals surface area contributed by atoms with Crippen LogP contribution in [-0.2, 0) is 24.1 Å². The first-order valence-electron chi connectivity index (χ1n) is 9.73. The zero-order valence-corrected chi connectivity index (χ0v) is 16.5. The fraction of sp³-hybridized carbons (Fsp3) is 0.409. The molecule has 156 valence electrons. The van der Waals surface area contributed by atoms with Crippen LogP contribution in [0.25, 0.3) is 0 Å². The van der Waals surface area contributed by atoms with Gasteiger partial charge in [-0.05, 0) is 29.7 Å². The number of hydrogen-bond donors (Lipinski definition) is 1. The number of rotatable bonds is 6. The molecule has 1 heterocycles. The molecule has 3 rings (SSSR count). The molecule has 0 radical (unpaired) electrons. The molecular formula is C22H26F3N3O. The maximum Gasteiger partial charge on any atom is 0.416 e. The highest BCUT2D eigenvalue weighted by atomic mass is 19.4. The first-order valence-corrected chi connectivity index (χ1v) is 9.73. The smallest absolute Gasteiger partial charge is 0.351 e. The highest BCUT2D eigenvalue weighted by Crippen LogP contribution is 2.29. The van der Waals surface area contributed by atoms with Gasteiger partial charge in [0.25, 0.3) is 0 Å². The van der Waals surface area contributed by atoms with Crippen molar-refractivity contribution in [2.45, 2.75) is 26.2 Å². The minimum absolute atomic E-state index is 0.0143. The van der Waals surface area contributed by atoms with Crippen LogP contribution >= 0.6 is 0 Å². The highest BCUT2D eigenvalue weighted by Gasteiger charge is 2.30. The number of piperazine rings is 1. The summed E-state index contributed by atoms with van der Waals surface area (Å²) in [4.78, 5) is 16.4. The van der Waals surface area contributed by atoms with Crippen LogP contribution in [0.5, 0.6) is 0 Å². The van der Waals surface area contributed by atoms with Crippen molar-refractivity contribution < 1.29 is 18.0 Å². The van der Waals surface area contributed by atoms with Crippen LogP contribution in [0.3, 0.4) is 0 Å². The zero-order chi connectivity index (χ0) is 20.9. The Kier molecular flexibility index (Phi) is 6.92. The SMILES string of the molecule is Cc1ccccc1CNC(=O)CN1CCN(Cc2cccc(C(F)(F)F)c2)CC1. The molecule has 2 aromatic carbocycles. The van der Waals surface area contributed by atoms with Crippen molar-refractivity contribution in [3.05, 3.63) is 70.8 Å². The molecule has 0 unspecified atom stereocenters. The van der Waals surface area contributed by atoms with Crippen LogP contribution in [0, 0.1) is 6.92 Å². The molecule has 1 aliphatic rings. The maximum atomic E-state index is 12.9. The van der Waals surface area contributed by atoms with Gasteiger partial charge in [0.1, 0.15) is 0 Å². The van der Waals surface area contributed by atoms with Gasteiger partial charge in [-0.15, -0.1) is 0 Å². The number of halogens is 3. The average Bonchev–Trinajstić information content (AvgIpc) is 2.68. The molecule has 7 heteroatoms. The average molecular weight is 405 g/mol. The summed E-state index contributed by atoms with van der Waals surface area (Å²) in [6.07, 6.45) is -4.32. The van der Waals surface area contributed by atoms with Crippen molar-refractivity contribution in [2.24, 2.45) is 0 Å². The van der Waals surface area contributed by atoms with Crippen molar-refractivity contribution >= 4 is 5.91 Å². The van der Waals surface area contributed by atoms with E-state index in [4.69, 9.17) is 0 Å². The molecule has 1 amide bonds. The van der Waals surface area contributed by atoms with Gasteiger partial charge in [-0.1, -0.05) is 42.5 Å². The summed E-state index contributed by atoms with van der Waals surface area (Å²) in [6.45, 7) is 6.24. The van der Waals surface area contributed by atoms with Gasteiger partial charge in [-0.25, -0.2) is 0 Å². The second-order valence-electron chi connectivity index (χ2n) is 7.45. The lowest BCUT2D eigenvalue weighted by atomic mass is 10.1. The van der Waals surface area contributed by atoms with E-state index in [0.29, 0.717) is 25.2 Å².